The molecule has 0 bridgehead atoms. The van der Waals surface area contributed by atoms with Crippen LogP contribution in [0.2, 0.25) is 0 Å². The van der Waals surface area contributed by atoms with E-state index < -0.39 is 24.0 Å². The molecule has 2 amide bonds. The Morgan fingerprint density at radius 3 is 2.60 bits per heavy atom. The fourth-order valence-electron chi connectivity index (χ4n) is 2.53. The van der Waals surface area contributed by atoms with Crippen molar-refractivity contribution in [1.29, 1.82) is 0 Å². The molecule has 1 heterocycles. The molecule has 0 spiro atoms. The maximum absolute atomic E-state index is 12.5. The third-order valence-electron chi connectivity index (χ3n) is 3.91. The highest BCUT2D eigenvalue weighted by Crippen LogP contribution is 2.22. The minimum atomic E-state index is -1.09. The molecule has 8 nitrogen and oxygen atoms in total. The summed E-state index contributed by atoms with van der Waals surface area (Å²) in [6, 6.07) is 8.03. The van der Waals surface area contributed by atoms with E-state index >= 15 is 0 Å². The third kappa shape index (κ3) is 5.18. The number of hydrogen-bond donors (Lipinski definition) is 1. The SMILES string of the molecule is COC(=O)C[C@H](NC(=O)N1CCO[C@H](c2ccccc2)C1)C(=O)OC. The molecule has 0 radical (unpaired) electrons. The Balaban J connectivity index is 2.00. The van der Waals surface area contributed by atoms with E-state index in [1.54, 1.807) is 4.90 Å². The first-order valence-electron chi connectivity index (χ1n) is 7.91. The van der Waals surface area contributed by atoms with E-state index in [0.29, 0.717) is 19.7 Å². The molecule has 1 saturated heterocycles. The van der Waals surface area contributed by atoms with E-state index in [9.17, 15) is 14.4 Å². The van der Waals surface area contributed by atoms with Gasteiger partial charge in [-0.25, -0.2) is 9.59 Å². The maximum atomic E-state index is 12.5. The zero-order chi connectivity index (χ0) is 18.2. The number of carbonyl (C=O) groups excluding carboxylic acids is 3. The van der Waals surface area contributed by atoms with Crippen molar-refractivity contribution in [3.8, 4) is 0 Å². The molecule has 8 heteroatoms. The monoisotopic (exact) mass is 350 g/mol. The average Bonchev–Trinajstić information content (AvgIpc) is 2.67. The summed E-state index contributed by atoms with van der Waals surface area (Å²) in [5, 5.41) is 2.53. The van der Waals surface area contributed by atoms with Gasteiger partial charge in [0.05, 0.1) is 33.8 Å². The van der Waals surface area contributed by atoms with Gasteiger partial charge in [0.25, 0.3) is 0 Å². The van der Waals surface area contributed by atoms with Crippen molar-refractivity contribution in [2.45, 2.75) is 18.6 Å². The van der Waals surface area contributed by atoms with E-state index in [4.69, 9.17) is 4.74 Å². The molecule has 1 fully saturated rings. The number of methoxy groups -OCH3 is 2. The molecule has 1 aromatic rings. The highest BCUT2D eigenvalue weighted by molar-refractivity contribution is 5.87. The second-order valence-corrected chi connectivity index (χ2v) is 5.52. The van der Waals surface area contributed by atoms with Crippen LogP contribution in [0.3, 0.4) is 0 Å². The van der Waals surface area contributed by atoms with Gasteiger partial charge in [-0.1, -0.05) is 30.3 Å². The summed E-state index contributed by atoms with van der Waals surface area (Å²) in [7, 11) is 2.41. The quantitative estimate of drug-likeness (QED) is 0.792. The molecule has 1 aliphatic rings. The molecular weight excluding hydrogens is 328 g/mol. The van der Waals surface area contributed by atoms with E-state index in [1.165, 1.54) is 14.2 Å². The molecule has 0 aliphatic carbocycles. The number of morpholine rings is 1. The Hall–Kier alpha value is -2.61. The second-order valence-electron chi connectivity index (χ2n) is 5.52. The van der Waals surface area contributed by atoms with Crippen molar-refractivity contribution in [2.24, 2.45) is 0 Å². The zero-order valence-corrected chi connectivity index (χ0v) is 14.3. The Kier molecular flexibility index (Phi) is 6.76. The Labute approximate surface area is 146 Å². The van der Waals surface area contributed by atoms with Crippen LogP contribution < -0.4 is 5.32 Å². The van der Waals surface area contributed by atoms with Crippen molar-refractivity contribution in [2.75, 3.05) is 33.9 Å². The predicted octanol–water partition coefficient (Wildman–Crippen LogP) is 0.874. The van der Waals surface area contributed by atoms with Crippen molar-refractivity contribution >= 4 is 18.0 Å². The normalized spacial score (nSPS) is 18.2. The molecule has 25 heavy (non-hydrogen) atoms. The summed E-state index contributed by atoms with van der Waals surface area (Å²) in [6.07, 6.45) is -0.528. The highest BCUT2D eigenvalue weighted by Gasteiger charge is 2.30. The molecular formula is C17H22N2O6. The van der Waals surface area contributed by atoms with Crippen LogP contribution in [0.15, 0.2) is 30.3 Å². The number of rotatable bonds is 5. The second kappa shape index (κ2) is 9.03. The molecule has 0 aromatic heterocycles. The fourth-order valence-corrected chi connectivity index (χ4v) is 2.53. The fraction of sp³-hybridized carbons (Fsp3) is 0.471. The van der Waals surface area contributed by atoms with Crippen molar-refractivity contribution in [1.82, 2.24) is 10.2 Å². The molecule has 0 saturated carbocycles. The number of carbonyl (C=O) groups is 3. The van der Waals surface area contributed by atoms with Gasteiger partial charge in [-0.15, -0.1) is 0 Å². The largest absolute Gasteiger partial charge is 0.469 e. The van der Waals surface area contributed by atoms with E-state index in [2.05, 4.69) is 14.8 Å². The topological polar surface area (TPSA) is 94.2 Å². The van der Waals surface area contributed by atoms with Gasteiger partial charge in [-0.3, -0.25) is 4.79 Å². The lowest BCUT2D eigenvalue weighted by Crippen LogP contribution is -2.52. The zero-order valence-electron chi connectivity index (χ0n) is 14.3. The van der Waals surface area contributed by atoms with Gasteiger partial charge < -0.3 is 24.4 Å². The number of amides is 2. The first-order chi connectivity index (χ1) is 12.0. The number of hydrogen-bond acceptors (Lipinski definition) is 6. The van der Waals surface area contributed by atoms with Gasteiger partial charge in [0.15, 0.2) is 0 Å². The lowest BCUT2D eigenvalue weighted by atomic mass is 10.1. The van der Waals surface area contributed by atoms with Crippen LogP contribution >= 0.6 is 0 Å². The van der Waals surface area contributed by atoms with Crippen LogP contribution in [0.25, 0.3) is 0 Å². The number of nitrogens with zero attached hydrogens (tertiary/aromatic N) is 1. The van der Waals surface area contributed by atoms with E-state index in [1.807, 2.05) is 30.3 Å². The number of nitrogens with one attached hydrogen (secondary N) is 1. The predicted molar refractivity (Wildman–Crippen MR) is 87.7 cm³/mol. The van der Waals surface area contributed by atoms with Gasteiger partial charge in [-0.05, 0) is 5.56 Å². The van der Waals surface area contributed by atoms with Crippen molar-refractivity contribution < 1.29 is 28.6 Å². The van der Waals surface area contributed by atoms with Gasteiger partial charge in [0.1, 0.15) is 12.1 Å². The van der Waals surface area contributed by atoms with Gasteiger partial charge in [-0.2, -0.15) is 0 Å². The summed E-state index contributed by atoms with van der Waals surface area (Å²) >= 11 is 0. The van der Waals surface area contributed by atoms with Crippen LogP contribution in [0.4, 0.5) is 4.79 Å². The van der Waals surface area contributed by atoms with Crippen LogP contribution in [-0.2, 0) is 23.8 Å². The molecule has 1 aromatic carbocycles. The first kappa shape index (κ1) is 18.7. The number of benzene rings is 1. The first-order valence-corrected chi connectivity index (χ1v) is 7.91. The van der Waals surface area contributed by atoms with Crippen molar-refractivity contribution in [3.05, 3.63) is 35.9 Å². The van der Waals surface area contributed by atoms with Crippen LogP contribution in [-0.4, -0.2) is 62.8 Å². The summed E-state index contributed by atoms with van der Waals surface area (Å²) < 4.78 is 14.9. The Morgan fingerprint density at radius 1 is 1.24 bits per heavy atom. The Bertz CT molecular complexity index is 606. The summed E-state index contributed by atoms with van der Waals surface area (Å²) in [4.78, 5) is 37.2. The molecule has 1 N–H and O–H groups in total. The smallest absolute Gasteiger partial charge is 0.329 e. The molecule has 1 aliphatic heterocycles. The lowest BCUT2D eigenvalue weighted by Gasteiger charge is -2.33. The van der Waals surface area contributed by atoms with Gasteiger partial charge in [0, 0.05) is 6.54 Å². The standard InChI is InChI=1S/C17H22N2O6/c1-23-15(20)10-13(16(21)24-2)18-17(22)19-8-9-25-14(11-19)12-6-4-3-5-7-12/h3-7,13-14H,8-11H2,1-2H3,(H,18,22)/t13-,14-/m0/s1. The van der Waals surface area contributed by atoms with Crippen LogP contribution in [0.5, 0.6) is 0 Å². The minimum Gasteiger partial charge on any atom is -0.469 e. The number of esters is 2. The molecule has 2 atom stereocenters. The average molecular weight is 350 g/mol. The number of ether oxygens (including phenoxy) is 3. The van der Waals surface area contributed by atoms with Crippen LogP contribution in [0.1, 0.15) is 18.1 Å². The van der Waals surface area contributed by atoms with E-state index in [-0.39, 0.29) is 12.5 Å². The van der Waals surface area contributed by atoms with Gasteiger partial charge >= 0.3 is 18.0 Å². The number of urea groups is 1. The van der Waals surface area contributed by atoms with Gasteiger partial charge in [0.2, 0.25) is 0 Å². The maximum Gasteiger partial charge on any atom is 0.329 e. The van der Waals surface area contributed by atoms with Crippen molar-refractivity contribution in [3.63, 3.8) is 0 Å². The third-order valence-corrected chi connectivity index (χ3v) is 3.91. The van der Waals surface area contributed by atoms with Crippen LogP contribution in [0, 0.1) is 0 Å². The Morgan fingerprint density at radius 2 is 1.96 bits per heavy atom. The van der Waals surface area contributed by atoms with E-state index in [0.717, 1.165) is 5.56 Å². The summed E-state index contributed by atoms with van der Waals surface area (Å²) in [5.74, 6) is -1.31. The molecule has 0 unspecified atom stereocenters. The minimum absolute atomic E-state index is 0.238. The lowest BCUT2D eigenvalue weighted by molar-refractivity contribution is -0.149. The summed E-state index contributed by atoms with van der Waals surface area (Å²) in [5.41, 5.74) is 0.971. The molecule has 136 valence electrons. The highest BCUT2D eigenvalue weighted by atomic mass is 16.5. The molecule has 2 rings (SSSR count). The summed E-state index contributed by atoms with van der Waals surface area (Å²) in [6.45, 7) is 1.12.